The Morgan fingerprint density at radius 2 is 2.17 bits per heavy atom. The Morgan fingerprint density at radius 1 is 1.37 bits per heavy atom. The molecule has 164 valence electrons. The molecular formula is C18H24ClN5O5S. The Balaban J connectivity index is 1.76. The number of aromatic nitrogens is 3. The van der Waals surface area contributed by atoms with Crippen molar-refractivity contribution in [2.24, 2.45) is 0 Å². The van der Waals surface area contributed by atoms with Gasteiger partial charge in [-0.3, -0.25) is 4.79 Å². The van der Waals surface area contributed by atoms with E-state index in [4.69, 9.17) is 21.1 Å². The second-order valence-corrected chi connectivity index (χ2v) is 9.13. The summed E-state index contributed by atoms with van der Waals surface area (Å²) in [6.07, 6.45) is 2.89. The number of halogens is 1. The highest BCUT2D eigenvalue weighted by atomic mass is 35.5. The molecule has 1 aromatic heterocycles. The van der Waals surface area contributed by atoms with E-state index in [9.17, 15) is 13.2 Å². The SMILES string of the molecule is COCCNC(=O)c1cn([C@@H]2CCCN(S(=O)(=O)c3cc(Cl)ccc3OC)C2)nn1. The molecule has 0 radical (unpaired) electrons. The molecule has 12 heteroatoms. The molecule has 10 nitrogen and oxygen atoms in total. The van der Waals surface area contributed by atoms with E-state index in [0.29, 0.717) is 37.6 Å². The number of ether oxygens (including phenoxy) is 2. The van der Waals surface area contributed by atoms with Crippen LogP contribution >= 0.6 is 11.6 Å². The van der Waals surface area contributed by atoms with Crippen LogP contribution in [0, 0.1) is 0 Å². The number of benzene rings is 1. The number of nitrogens with zero attached hydrogens (tertiary/aromatic N) is 4. The number of hydrogen-bond donors (Lipinski definition) is 1. The van der Waals surface area contributed by atoms with E-state index >= 15 is 0 Å². The van der Waals surface area contributed by atoms with Crippen molar-refractivity contribution in [3.8, 4) is 5.75 Å². The minimum Gasteiger partial charge on any atom is -0.495 e. The summed E-state index contributed by atoms with van der Waals surface area (Å²) in [6, 6.07) is 4.25. The van der Waals surface area contributed by atoms with Crippen molar-refractivity contribution in [1.29, 1.82) is 0 Å². The van der Waals surface area contributed by atoms with Gasteiger partial charge in [0.1, 0.15) is 10.6 Å². The Hall–Kier alpha value is -2.21. The van der Waals surface area contributed by atoms with Crippen LogP contribution < -0.4 is 10.1 Å². The first-order valence-electron chi connectivity index (χ1n) is 9.39. The van der Waals surface area contributed by atoms with E-state index in [0.717, 1.165) is 0 Å². The Labute approximate surface area is 180 Å². The lowest BCUT2D eigenvalue weighted by atomic mass is 10.1. The zero-order valence-corrected chi connectivity index (χ0v) is 18.3. The summed E-state index contributed by atoms with van der Waals surface area (Å²) in [7, 11) is -0.865. The van der Waals surface area contributed by atoms with Gasteiger partial charge in [0.15, 0.2) is 5.69 Å². The lowest BCUT2D eigenvalue weighted by Crippen LogP contribution is -2.41. The average molecular weight is 458 g/mol. The molecule has 1 N–H and O–H groups in total. The third-order valence-corrected chi connectivity index (χ3v) is 6.93. The zero-order chi connectivity index (χ0) is 21.7. The molecule has 30 heavy (non-hydrogen) atoms. The lowest BCUT2D eigenvalue weighted by molar-refractivity contribution is 0.0932. The fourth-order valence-electron chi connectivity index (χ4n) is 3.26. The Kier molecular flexibility index (Phi) is 7.29. The quantitative estimate of drug-likeness (QED) is 0.594. The number of hydrogen-bond acceptors (Lipinski definition) is 7. The number of amides is 1. The van der Waals surface area contributed by atoms with Gasteiger partial charge >= 0.3 is 0 Å². The van der Waals surface area contributed by atoms with Gasteiger partial charge < -0.3 is 14.8 Å². The number of rotatable bonds is 8. The minimum absolute atomic E-state index is 0.0231. The summed E-state index contributed by atoms with van der Waals surface area (Å²) in [4.78, 5) is 12.1. The van der Waals surface area contributed by atoms with E-state index in [1.54, 1.807) is 17.9 Å². The average Bonchev–Trinajstić information content (AvgIpc) is 3.24. The molecule has 1 aliphatic rings. The summed E-state index contributed by atoms with van der Waals surface area (Å²) < 4.78 is 39.5. The van der Waals surface area contributed by atoms with Crippen LogP contribution in [0.1, 0.15) is 29.4 Å². The van der Waals surface area contributed by atoms with Gasteiger partial charge in [-0.25, -0.2) is 13.1 Å². The standard InChI is InChI=1S/C18H24ClN5O5S/c1-28-9-7-20-18(25)15-12-24(22-21-15)14-4-3-8-23(11-14)30(26,27)17-10-13(19)5-6-16(17)29-2/h5-6,10,12,14H,3-4,7-9,11H2,1-2H3,(H,20,25)/t14-/m1/s1. The summed E-state index contributed by atoms with van der Waals surface area (Å²) in [5.74, 6) is -0.125. The number of nitrogens with one attached hydrogen (secondary N) is 1. The maximum absolute atomic E-state index is 13.2. The monoisotopic (exact) mass is 457 g/mol. The first-order chi connectivity index (χ1) is 14.4. The van der Waals surface area contributed by atoms with Crippen LogP contribution in [-0.4, -0.2) is 74.1 Å². The number of piperidine rings is 1. The van der Waals surface area contributed by atoms with E-state index in [1.807, 2.05) is 0 Å². The van der Waals surface area contributed by atoms with Crippen molar-refractivity contribution < 1.29 is 22.7 Å². The van der Waals surface area contributed by atoms with Gasteiger partial charge in [-0.1, -0.05) is 16.8 Å². The van der Waals surface area contributed by atoms with Crippen molar-refractivity contribution in [2.45, 2.75) is 23.8 Å². The van der Waals surface area contributed by atoms with Crippen LogP contribution in [0.3, 0.4) is 0 Å². The molecule has 2 heterocycles. The van der Waals surface area contributed by atoms with Crippen molar-refractivity contribution in [2.75, 3.05) is 40.5 Å². The van der Waals surface area contributed by atoms with Gasteiger partial charge in [0.05, 0.1) is 26.0 Å². The topological polar surface area (TPSA) is 116 Å². The molecule has 1 aliphatic heterocycles. The van der Waals surface area contributed by atoms with Crippen molar-refractivity contribution in [3.63, 3.8) is 0 Å². The van der Waals surface area contributed by atoms with Gasteiger partial charge in [0.25, 0.3) is 5.91 Å². The summed E-state index contributed by atoms with van der Waals surface area (Å²) in [6.45, 7) is 1.32. The molecule has 2 aromatic rings. The van der Waals surface area contributed by atoms with Crippen molar-refractivity contribution in [3.05, 3.63) is 35.1 Å². The summed E-state index contributed by atoms with van der Waals surface area (Å²) in [5, 5.41) is 10.9. The fraction of sp³-hybridized carbons (Fsp3) is 0.500. The first-order valence-corrected chi connectivity index (χ1v) is 11.2. The van der Waals surface area contributed by atoms with Crippen LogP contribution in [0.25, 0.3) is 0 Å². The molecule has 3 rings (SSSR count). The van der Waals surface area contributed by atoms with E-state index in [-0.39, 0.29) is 34.8 Å². The second-order valence-electron chi connectivity index (χ2n) is 6.79. The smallest absolute Gasteiger partial charge is 0.273 e. The first kappa shape index (κ1) is 22.5. The van der Waals surface area contributed by atoms with Crippen LogP contribution in [-0.2, 0) is 14.8 Å². The maximum atomic E-state index is 13.2. The summed E-state index contributed by atoms with van der Waals surface area (Å²) >= 11 is 6.01. The normalized spacial score (nSPS) is 17.6. The highest BCUT2D eigenvalue weighted by molar-refractivity contribution is 7.89. The third kappa shape index (κ3) is 4.91. The summed E-state index contributed by atoms with van der Waals surface area (Å²) in [5.41, 5.74) is 0.169. The van der Waals surface area contributed by atoms with Crippen molar-refractivity contribution >= 4 is 27.5 Å². The molecule has 1 amide bonds. The number of carbonyl (C=O) groups excluding carboxylic acids is 1. The minimum atomic E-state index is -3.82. The molecule has 1 fully saturated rings. The highest BCUT2D eigenvalue weighted by Gasteiger charge is 2.33. The van der Waals surface area contributed by atoms with Crippen LogP contribution in [0.2, 0.25) is 5.02 Å². The number of carbonyl (C=O) groups is 1. The van der Waals surface area contributed by atoms with Gasteiger partial charge in [-0.15, -0.1) is 5.10 Å². The van der Waals surface area contributed by atoms with E-state index in [1.165, 1.54) is 29.7 Å². The van der Waals surface area contributed by atoms with Gasteiger partial charge in [-0.05, 0) is 31.0 Å². The Morgan fingerprint density at radius 3 is 2.90 bits per heavy atom. The predicted molar refractivity (Wildman–Crippen MR) is 109 cm³/mol. The molecule has 0 aliphatic carbocycles. The third-order valence-electron chi connectivity index (χ3n) is 4.81. The molecular weight excluding hydrogens is 434 g/mol. The van der Waals surface area contributed by atoms with E-state index in [2.05, 4.69) is 15.6 Å². The van der Waals surface area contributed by atoms with Gasteiger partial charge in [0.2, 0.25) is 10.0 Å². The zero-order valence-electron chi connectivity index (χ0n) is 16.7. The fourth-order valence-corrected chi connectivity index (χ4v) is 5.20. The van der Waals surface area contributed by atoms with Gasteiger partial charge in [0, 0.05) is 31.8 Å². The molecule has 0 spiro atoms. The van der Waals surface area contributed by atoms with Crippen LogP contribution in [0.5, 0.6) is 5.75 Å². The Bertz CT molecular complexity index is 997. The number of methoxy groups -OCH3 is 2. The molecule has 0 bridgehead atoms. The van der Waals surface area contributed by atoms with Gasteiger partial charge in [-0.2, -0.15) is 4.31 Å². The predicted octanol–water partition coefficient (Wildman–Crippen LogP) is 1.34. The highest BCUT2D eigenvalue weighted by Crippen LogP contribution is 2.32. The lowest BCUT2D eigenvalue weighted by Gasteiger charge is -2.32. The van der Waals surface area contributed by atoms with Crippen LogP contribution in [0.15, 0.2) is 29.3 Å². The number of sulfonamides is 1. The maximum Gasteiger partial charge on any atom is 0.273 e. The molecule has 1 aromatic carbocycles. The second kappa shape index (κ2) is 9.73. The molecule has 1 saturated heterocycles. The largest absolute Gasteiger partial charge is 0.495 e. The van der Waals surface area contributed by atoms with E-state index < -0.39 is 10.0 Å². The van der Waals surface area contributed by atoms with Crippen molar-refractivity contribution in [1.82, 2.24) is 24.6 Å². The molecule has 0 unspecified atom stereocenters. The molecule has 0 saturated carbocycles. The van der Waals surface area contributed by atoms with Crippen LogP contribution in [0.4, 0.5) is 0 Å². The molecule has 1 atom stereocenters.